The molecule has 2 rings (SSSR count). The molecular weight excluding hydrogens is 365 g/mol. The van der Waals surface area contributed by atoms with Crippen molar-refractivity contribution >= 4 is 40.7 Å². The highest BCUT2D eigenvalue weighted by atomic mass is 35.5. The quantitative estimate of drug-likeness (QED) is 0.616. The highest BCUT2D eigenvalue weighted by molar-refractivity contribution is 6.35. The Morgan fingerprint density at radius 1 is 1.24 bits per heavy atom. The van der Waals surface area contributed by atoms with E-state index in [-0.39, 0.29) is 12.2 Å². The second kappa shape index (κ2) is 8.69. The molecule has 25 heavy (non-hydrogen) atoms. The SMILES string of the molecule is CCCN(CC(=O)Nc1cc(Cl)ccc1Cl)C(=O)c1cccc[n+]1[O-]. The number of benzene rings is 1. The maximum atomic E-state index is 12.5. The van der Waals surface area contributed by atoms with Crippen molar-refractivity contribution in [1.82, 2.24) is 4.90 Å². The van der Waals surface area contributed by atoms with Crippen molar-refractivity contribution in [2.24, 2.45) is 0 Å². The fourth-order valence-electron chi connectivity index (χ4n) is 2.23. The van der Waals surface area contributed by atoms with Crippen LogP contribution < -0.4 is 10.0 Å². The second-order valence-electron chi connectivity index (χ2n) is 5.31. The topological polar surface area (TPSA) is 76.4 Å². The Morgan fingerprint density at radius 2 is 2.00 bits per heavy atom. The number of carbonyl (C=O) groups excluding carboxylic acids is 2. The molecule has 0 aliphatic heterocycles. The Bertz CT molecular complexity index is 783. The lowest BCUT2D eigenvalue weighted by atomic mass is 10.2. The number of nitrogens with one attached hydrogen (secondary N) is 1. The number of pyridine rings is 1. The molecule has 0 unspecified atom stereocenters. The number of nitrogens with zero attached hydrogens (tertiary/aromatic N) is 2. The third-order valence-corrected chi connectivity index (χ3v) is 3.93. The van der Waals surface area contributed by atoms with Crippen molar-refractivity contribution in [3.63, 3.8) is 0 Å². The van der Waals surface area contributed by atoms with E-state index in [0.717, 1.165) is 0 Å². The normalized spacial score (nSPS) is 10.4. The van der Waals surface area contributed by atoms with Gasteiger partial charge in [-0.05, 0) is 30.7 Å². The van der Waals surface area contributed by atoms with E-state index in [2.05, 4.69) is 5.32 Å². The van der Waals surface area contributed by atoms with Gasteiger partial charge in [-0.25, -0.2) is 0 Å². The molecule has 2 aromatic rings. The molecule has 1 aromatic carbocycles. The maximum Gasteiger partial charge on any atom is 0.320 e. The van der Waals surface area contributed by atoms with Crippen molar-refractivity contribution in [2.45, 2.75) is 13.3 Å². The summed E-state index contributed by atoms with van der Waals surface area (Å²) in [4.78, 5) is 26.1. The van der Waals surface area contributed by atoms with Crippen molar-refractivity contribution < 1.29 is 14.3 Å². The molecule has 0 fully saturated rings. The van der Waals surface area contributed by atoms with Gasteiger partial charge in [0.1, 0.15) is 6.54 Å². The number of halogens is 2. The van der Waals surface area contributed by atoms with E-state index in [9.17, 15) is 14.8 Å². The van der Waals surface area contributed by atoms with E-state index >= 15 is 0 Å². The van der Waals surface area contributed by atoms with Gasteiger partial charge in [0, 0.05) is 23.7 Å². The average molecular weight is 382 g/mol. The van der Waals surface area contributed by atoms with Crippen molar-refractivity contribution in [3.8, 4) is 0 Å². The van der Waals surface area contributed by atoms with Gasteiger partial charge in [-0.15, -0.1) is 0 Å². The number of amides is 2. The fourth-order valence-corrected chi connectivity index (χ4v) is 2.57. The summed E-state index contributed by atoms with van der Waals surface area (Å²) in [6.07, 6.45) is 1.88. The summed E-state index contributed by atoms with van der Waals surface area (Å²) in [5.74, 6) is -0.941. The van der Waals surface area contributed by atoms with E-state index in [4.69, 9.17) is 23.2 Å². The summed E-state index contributed by atoms with van der Waals surface area (Å²) in [6, 6.07) is 9.24. The van der Waals surface area contributed by atoms with Gasteiger partial charge in [0.2, 0.25) is 5.91 Å². The summed E-state index contributed by atoms with van der Waals surface area (Å²) < 4.78 is 0.483. The number of hydrogen-bond donors (Lipinski definition) is 1. The number of rotatable bonds is 6. The Balaban J connectivity index is 2.13. The summed E-state index contributed by atoms with van der Waals surface area (Å²) in [5, 5.41) is 15.2. The number of hydrogen-bond acceptors (Lipinski definition) is 3. The summed E-state index contributed by atoms with van der Waals surface area (Å²) in [5.41, 5.74) is 0.325. The second-order valence-corrected chi connectivity index (χ2v) is 6.15. The predicted octanol–water partition coefficient (Wildman–Crippen LogP) is 3.12. The number of anilines is 1. The molecule has 2 amide bonds. The third-order valence-electron chi connectivity index (χ3n) is 3.36. The van der Waals surface area contributed by atoms with Crippen LogP contribution in [0, 0.1) is 5.21 Å². The van der Waals surface area contributed by atoms with Crippen LogP contribution in [-0.2, 0) is 4.79 Å². The standard InChI is InChI=1S/C17H17Cl2N3O3/c1-2-8-21(17(24)15-5-3-4-9-22(15)25)11-16(23)20-14-10-12(18)6-7-13(14)19/h3-7,9-10H,2,8,11H2,1H3,(H,20,23). The van der Waals surface area contributed by atoms with Gasteiger partial charge in [0.15, 0.2) is 6.20 Å². The minimum absolute atomic E-state index is 0.0375. The molecule has 1 aromatic heterocycles. The van der Waals surface area contributed by atoms with E-state index in [1.807, 2.05) is 6.92 Å². The molecule has 6 nitrogen and oxygen atoms in total. The van der Waals surface area contributed by atoms with Crippen LogP contribution in [0.15, 0.2) is 42.6 Å². The Morgan fingerprint density at radius 3 is 2.68 bits per heavy atom. The van der Waals surface area contributed by atoms with Gasteiger partial charge in [-0.3, -0.25) is 9.59 Å². The lowest BCUT2D eigenvalue weighted by Gasteiger charge is -2.21. The molecule has 0 aliphatic carbocycles. The minimum Gasteiger partial charge on any atom is -0.618 e. The van der Waals surface area contributed by atoms with Crippen molar-refractivity contribution in [1.29, 1.82) is 0 Å². The molecule has 1 heterocycles. The zero-order chi connectivity index (χ0) is 18.4. The van der Waals surface area contributed by atoms with Gasteiger partial charge < -0.3 is 15.4 Å². The van der Waals surface area contributed by atoms with E-state index in [1.54, 1.807) is 18.2 Å². The predicted molar refractivity (Wildman–Crippen MR) is 96.7 cm³/mol. The van der Waals surface area contributed by atoms with Crippen LogP contribution in [0.3, 0.4) is 0 Å². The number of carbonyl (C=O) groups is 2. The van der Waals surface area contributed by atoms with E-state index in [0.29, 0.717) is 33.4 Å². The van der Waals surface area contributed by atoms with Crippen LogP contribution in [0.4, 0.5) is 5.69 Å². The monoisotopic (exact) mass is 381 g/mol. The molecule has 0 radical (unpaired) electrons. The van der Waals surface area contributed by atoms with Gasteiger partial charge >= 0.3 is 5.91 Å². The molecule has 8 heteroatoms. The Hall–Kier alpha value is -2.31. The Labute approximate surface area is 155 Å². The first-order valence-corrected chi connectivity index (χ1v) is 8.40. The van der Waals surface area contributed by atoms with Crippen LogP contribution in [0.1, 0.15) is 23.8 Å². The highest BCUT2D eigenvalue weighted by Crippen LogP contribution is 2.25. The van der Waals surface area contributed by atoms with Crippen molar-refractivity contribution in [3.05, 3.63) is 63.5 Å². The molecule has 0 saturated carbocycles. The van der Waals surface area contributed by atoms with E-state index < -0.39 is 11.8 Å². The largest absolute Gasteiger partial charge is 0.618 e. The van der Waals surface area contributed by atoms with Gasteiger partial charge in [-0.1, -0.05) is 30.1 Å². The zero-order valence-electron chi connectivity index (χ0n) is 13.5. The van der Waals surface area contributed by atoms with Gasteiger partial charge in [0.25, 0.3) is 5.69 Å². The third kappa shape index (κ3) is 5.08. The lowest BCUT2D eigenvalue weighted by molar-refractivity contribution is -0.608. The van der Waals surface area contributed by atoms with Crippen LogP contribution >= 0.6 is 23.2 Å². The molecule has 0 aliphatic rings. The molecule has 0 bridgehead atoms. The molecule has 132 valence electrons. The minimum atomic E-state index is -0.509. The number of aromatic nitrogens is 1. The molecule has 0 spiro atoms. The summed E-state index contributed by atoms with van der Waals surface area (Å²) in [7, 11) is 0. The lowest BCUT2D eigenvalue weighted by Crippen LogP contribution is -2.44. The van der Waals surface area contributed by atoms with Crippen LogP contribution in [0.25, 0.3) is 0 Å². The van der Waals surface area contributed by atoms with E-state index in [1.165, 1.54) is 29.3 Å². The molecule has 0 atom stereocenters. The van der Waals surface area contributed by atoms with Crippen LogP contribution in [0.5, 0.6) is 0 Å². The van der Waals surface area contributed by atoms with Gasteiger partial charge in [-0.2, -0.15) is 4.73 Å². The molecule has 1 N–H and O–H groups in total. The first kappa shape index (κ1) is 19.0. The van der Waals surface area contributed by atoms with Crippen LogP contribution in [-0.4, -0.2) is 29.8 Å². The smallest absolute Gasteiger partial charge is 0.320 e. The van der Waals surface area contributed by atoms with Crippen molar-refractivity contribution in [2.75, 3.05) is 18.4 Å². The maximum absolute atomic E-state index is 12.5. The first-order chi connectivity index (χ1) is 11.9. The Kier molecular flexibility index (Phi) is 6.61. The van der Waals surface area contributed by atoms with Gasteiger partial charge in [0.05, 0.1) is 10.7 Å². The first-order valence-electron chi connectivity index (χ1n) is 7.64. The summed E-state index contributed by atoms with van der Waals surface area (Å²) in [6.45, 7) is 2.01. The summed E-state index contributed by atoms with van der Waals surface area (Å²) >= 11 is 11.9. The zero-order valence-corrected chi connectivity index (χ0v) is 15.0. The van der Waals surface area contributed by atoms with Crippen LogP contribution in [0.2, 0.25) is 10.0 Å². The average Bonchev–Trinajstić information content (AvgIpc) is 2.57. The molecule has 0 saturated heterocycles. The highest BCUT2D eigenvalue weighted by Gasteiger charge is 2.24. The molecular formula is C17H17Cl2N3O3. The fraction of sp³-hybridized carbons (Fsp3) is 0.235.